The van der Waals surface area contributed by atoms with Crippen molar-refractivity contribution in [2.75, 3.05) is 11.9 Å². The number of aromatic nitrogens is 2. The first kappa shape index (κ1) is 14.5. The number of hydrogen-bond acceptors (Lipinski definition) is 5. The molecule has 0 fully saturated rings. The molecule has 0 atom stereocenters. The maximum Gasteiger partial charge on any atom is 0.260 e. The summed E-state index contributed by atoms with van der Waals surface area (Å²) < 4.78 is 13.4. The van der Waals surface area contributed by atoms with E-state index < -0.39 is 11.7 Å². The van der Waals surface area contributed by atoms with Crippen molar-refractivity contribution in [2.45, 2.75) is 19.3 Å². The molecule has 2 rings (SSSR count). The van der Waals surface area contributed by atoms with Gasteiger partial charge in [-0.25, -0.2) is 4.39 Å². The molecule has 1 aromatic carbocycles. The lowest BCUT2D eigenvalue weighted by atomic mass is 10.2. The van der Waals surface area contributed by atoms with Crippen LogP contribution in [0.1, 0.15) is 28.2 Å². The zero-order valence-electron chi connectivity index (χ0n) is 10.8. The van der Waals surface area contributed by atoms with Crippen LogP contribution in [-0.2, 0) is 6.42 Å². The molecule has 106 valence electrons. The first-order valence-electron chi connectivity index (χ1n) is 6.29. The first-order valence-corrected chi connectivity index (χ1v) is 7.10. The van der Waals surface area contributed by atoms with Gasteiger partial charge in [-0.2, -0.15) is 0 Å². The lowest BCUT2D eigenvalue weighted by Crippen LogP contribution is -2.13. The van der Waals surface area contributed by atoms with Gasteiger partial charge < -0.3 is 5.73 Å². The molecule has 2 aromatic rings. The number of anilines is 1. The molecule has 7 heteroatoms. The van der Waals surface area contributed by atoms with E-state index in [4.69, 9.17) is 5.73 Å². The SMILES string of the molecule is NCCCCc1nnc(NC(=O)c2ccccc2F)s1. The summed E-state index contributed by atoms with van der Waals surface area (Å²) in [5.41, 5.74) is 5.41. The average Bonchev–Trinajstić information content (AvgIpc) is 2.87. The van der Waals surface area contributed by atoms with E-state index in [0.29, 0.717) is 11.7 Å². The Labute approximate surface area is 120 Å². The third-order valence-electron chi connectivity index (χ3n) is 2.65. The predicted octanol–water partition coefficient (Wildman–Crippen LogP) is 2.21. The maximum atomic E-state index is 13.4. The molecular formula is C13H15FN4OS. The van der Waals surface area contributed by atoms with Crippen molar-refractivity contribution in [3.05, 3.63) is 40.7 Å². The Morgan fingerprint density at radius 3 is 2.85 bits per heavy atom. The lowest BCUT2D eigenvalue weighted by Gasteiger charge is -2.01. The quantitative estimate of drug-likeness (QED) is 0.800. The van der Waals surface area contributed by atoms with Gasteiger partial charge in [0.1, 0.15) is 10.8 Å². The van der Waals surface area contributed by atoms with E-state index in [-0.39, 0.29) is 5.56 Å². The minimum atomic E-state index is -0.558. The van der Waals surface area contributed by atoms with Gasteiger partial charge >= 0.3 is 0 Å². The number of nitrogens with zero attached hydrogens (tertiary/aromatic N) is 2. The van der Waals surface area contributed by atoms with E-state index in [1.165, 1.54) is 29.5 Å². The van der Waals surface area contributed by atoms with Crippen LogP contribution in [0.25, 0.3) is 0 Å². The van der Waals surface area contributed by atoms with Crippen molar-refractivity contribution in [1.82, 2.24) is 10.2 Å². The summed E-state index contributed by atoms with van der Waals surface area (Å²) in [6.07, 6.45) is 2.65. The summed E-state index contributed by atoms with van der Waals surface area (Å²) >= 11 is 1.29. The van der Waals surface area contributed by atoms with Gasteiger partial charge in [0.2, 0.25) is 5.13 Å². The molecule has 1 heterocycles. The number of halogens is 1. The van der Waals surface area contributed by atoms with Crippen LogP contribution >= 0.6 is 11.3 Å². The Hall–Kier alpha value is -1.86. The summed E-state index contributed by atoms with van der Waals surface area (Å²) in [4.78, 5) is 11.9. The fourth-order valence-corrected chi connectivity index (χ4v) is 2.41. The van der Waals surface area contributed by atoms with Crippen molar-refractivity contribution in [3.63, 3.8) is 0 Å². The second-order valence-electron chi connectivity index (χ2n) is 4.18. The number of nitrogens with two attached hydrogens (primary N) is 1. The molecule has 0 aliphatic heterocycles. The second-order valence-corrected chi connectivity index (χ2v) is 5.24. The Kier molecular flexibility index (Phi) is 5.14. The molecule has 0 radical (unpaired) electrons. The van der Waals surface area contributed by atoms with Gasteiger partial charge in [-0.15, -0.1) is 10.2 Å². The maximum absolute atomic E-state index is 13.4. The van der Waals surface area contributed by atoms with Gasteiger partial charge in [0, 0.05) is 6.42 Å². The van der Waals surface area contributed by atoms with Crippen LogP contribution in [-0.4, -0.2) is 22.6 Å². The zero-order chi connectivity index (χ0) is 14.4. The van der Waals surface area contributed by atoms with Crippen LogP contribution in [0.4, 0.5) is 9.52 Å². The fraction of sp³-hybridized carbons (Fsp3) is 0.308. The Morgan fingerprint density at radius 2 is 2.10 bits per heavy atom. The normalized spacial score (nSPS) is 10.5. The molecule has 0 bridgehead atoms. The largest absolute Gasteiger partial charge is 0.330 e. The van der Waals surface area contributed by atoms with Crippen LogP contribution < -0.4 is 11.1 Å². The molecule has 0 aliphatic rings. The van der Waals surface area contributed by atoms with Crippen LogP contribution in [0, 0.1) is 5.82 Å². The highest BCUT2D eigenvalue weighted by molar-refractivity contribution is 7.15. The summed E-state index contributed by atoms with van der Waals surface area (Å²) in [5.74, 6) is -1.08. The minimum absolute atomic E-state index is 0.00705. The number of nitrogens with one attached hydrogen (secondary N) is 1. The van der Waals surface area contributed by atoms with Gasteiger partial charge in [0.25, 0.3) is 5.91 Å². The van der Waals surface area contributed by atoms with Crippen LogP contribution in [0.15, 0.2) is 24.3 Å². The van der Waals surface area contributed by atoms with E-state index in [1.54, 1.807) is 6.07 Å². The van der Waals surface area contributed by atoms with E-state index in [1.807, 2.05) is 0 Å². The third kappa shape index (κ3) is 3.82. The summed E-state index contributed by atoms with van der Waals surface area (Å²) in [7, 11) is 0. The molecule has 0 saturated carbocycles. The van der Waals surface area contributed by atoms with Crippen LogP contribution in [0.2, 0.25) is 0 Å². The first-order chi connectivity index (χ1) is 9.70. The molecule has 5 nitrogen and oxygen atoms in total. The summed E-state index contributed by atoms with van der Waals surface area (Å²) in [5, 5.41) is 11.6. The van der Waals surface area contributed by atoms with E-state index in [9.17, 15) is 9.18 Å². The van der Waals surface area contributed by atoms with E-state index >= 15 is 0 Å². The molecule has 1 aromatic heterocycles. The lowest BCUT2D eigenvalue weighted by molar-refractivity contribution is 0.102. The van der Waals surface area contributed by atoms with Gasteiger partial charge in [-0.3, -0.25) is 10.1 Å². The topological polar surface area (TPSA) is 80.9 Å². The highest BCUT2D eigenvalue weighted by Gasteiger charge is 2.13. The number of aryl methyl sites for hydroxylation is 1. The summed E-state index contributed by atoms with van der Waals surface area (Å²) in [6.45, 7) is 0.648. The smallest absolute Gasteiger partial charge is 0.260 e. The zero-order valence-corrected chi connectivity index (χ0v) is 11.6. The molecule has 1 amide bonds. The number of amides is 1. The molecule has 0 aliphatic carbocycles. The molecular weight excluding hydrogens is 279 g/mol. The molecule has 3 N–H and O–H groups in total. The van der Waals surface area contributed by atoms with Gasteiger partial charge in [0.05, 0.1) is 5.56 Å². The third-order valence-corrected chi connectivity index (χ3v) is 3.55. The van der Waals surface area contributed by atoms with Crippen LogP contribution in [0.5, 0.6) is 0 Å². The van der Waals surface area contributed by atoms with Gasteiger partial charge in [-0.1, -0.05) is 23.5 Å². The Morgan fingerprint density at radius 1 is 1.30 bits per heavy atom. The molecule has 0 unspecified atom stereocenters. The molecule has 0 saturated heterocycles. The van der Waals surface area contributed by atoms with Gasteiger partial charge in [-0.05, 0) is 31.5 Å². The Balaban J connectivity index is 1.97. The number of unbranched alkanes of at least 4 members (excludes halogenated alkanes) is 1. The van der Waals surface area contributed by atoms with Crippen molar-refractivity contribution >= 4 is 22.4 Å². The van der Waals surface area contributed by atoms with E-state index in [2.05, 4.69) is 15.5 Å². The number of benzene rings is 1. The monoisotopic (exact) mass is 294 g/mol. The minimum Gasteiger partial charge on any atom is -0.330 e. The second kappa shape index (κ2) is 7.06. The number of hydrogen-bond donors (Lipinski definition) is 2. The number of carbonyl (C=O) groups is 1. The van der Waals surface area contributed by atoms with Crippen molar-refractivity contribution < 1.29 is 9.18 Å². The highest BCUT2D eigenvalue weighted by Crippen LogP contribution is 2.18. The van der Waals surface area contributed by atoms with Gasteiger partial charge in [0.15, 0.2) is 0 Å². The average molecular weight is 294 g/mol. The highest BCUT2D eigenvalue weighted by atomic mass is 32.1. The molecule has 0 spiro atoms. The number of rotatable bonds is 6. The van der Waals surface area contributed by atoms with Crippen molar-refractivity contribution in [2.24, 2.45) is 5.73 Å². The molecule has 20 heavy (non-hydrogen) atoms. The van der Waals surface area contributed by atoms with Crippen molar-refractivity contribution in [1.29, 1.82) is 0 Å². The van der Waals surface area contributed by atoms with Crippen molar-refractivity contribution in [3.8, 4) is 0 Å². The van der Waals surface area contributed by atoms with E-state index in [0.717, 1.165) is 24.3 Å². The fourth-order valence-electron chi connectivity index (χ4n) is 1.64. The standard InChI is InChI=1S/C13H15FN4OS/c14-10-6-2-1-5-9(10)12(19)16-13-18-17-11(20-13)7-3-4-8-15/h1-2,5-6H,3-4,7-8,15H2,(H,16,18,19). The van der Waals surface area contributed by atoms with Crippen LogP contribution in [0.3, 0.4) is 0 Å². The summed E-state index contributed by atoms with van der Waals surface area (Å²) in [6, 6.07) is 5.81. The predicted molar refractivity (Wildman–Crippen MR) is 76.3 cm³/mol. The Bertz CT molecular complexity index is 587. The number of carbonyl (C=O) groups excluding carboxylic acids is 1.